The number of ether oxygens (including phenoxy) is 5. The highest BCUT2D eigenvalue weighted by atomic mass is 32.2. The van der Waals surface area contributed by atoms with Gasteiger partial charge in [-0.2, -0.15) is 0 Å². The second-order valence-electron chi connectivity index (χ2n) is 6.83. The van der Waals surface area contributed by atoms with Crippen LogP contribution in [0.15, 0.2) is 33.9 Å². The smallest absolute Gasteiger partial charge is 0.277 e. The average Bonchev–Trinajstić information content (AvgIpc) is 3.41. The van der Waals surface area contributed by atoms with Gasteiger partial charge in [-0.05, 0) is 36.2 Å². The monoisotopic (exact) mass is 458 g/mol. The minimum absolute atomic E-state index is 0.0153. The molecule has 1 aliphatic rings. The minimum Gasteiger partial charge on any atom is -0.493 e. The second-order valence-corrected chi connectivity index (χ2v) is 7.98. The molecular weight excluding hydrogens is 436 g/mol. The van der Waals surface area contributed by atoms with E-state index in [0.717, 1.165) is 5.56 Å². The van der Waals surface area contributed by atoms with Crippen LogP contribution >= 0.6 is 11.8 Å². The summed E-state index contributed by atoms with van der Waals surface area (Å²) in [4.78, 5) is 12.9. The molecule has 0 radical (unpaired) electrons. The fourth-order valence-corrected chi connectivity index (χ4v) is 4.54. The highest BCUT2D eigenvalue weighted by Crippen LogP contribution is 2.42. The maximum atomic E-state index is 12.9. The molecule has 9 nitrogen and oxygen atoms in total. The van der Waals surface area contributed by atoms with Crippen LogP contribution in [-0.4, -0.2) is 56.8 Å². The van der Waals surface area contributed by atoms with E-state index in [-0.39, 0.29) is 16.9 Å². The molecule has 1 aromatic heterocycles. The van der Waals surface area contributed by atoms with E-state index in [1.54, 1.807) is 32.4 Å². The summed E-state index contributed by atoms with van der Waals surface area (Å²) in [6.45, 7) is 0. The fourth-order valence-electron chi connectivity index (χ4n) is 3.58. The zero-order valence-corrected chi connectivity index (χ0v) is 19.1. The van der Waals surface area contributed by atoms with Crippen LogP contribution in [0.1, 0.15) is 15.9 Å². The van der Waals surface area contributed by atoms with Gasteiger partial charge in [0.15, 0.2) is 28.8 Å². The maximum absolute atomic E-state index is 12.9. The van der Waals surface area contributed by atoms with Crippen LogP contribution in [0.4, 0.5) is 0 Å². The number of Topliss-reactive ketones (excluding diaryl/α,β-unsaturated/α-hetero) is 1. The molecule has 0 N–H and O–H groups in total. The summed E-state index contributed by atoms with van der Waals surface area (Å²) in [6, 6.07) is 6.99. The largest absolute Gasteiger partial charge is 0.493 e. The zero-order chi connectivity index (χ0) is 22.8. The first-order valence-electron chi connectivity index (χ1n) is 9.62. The quantitative estimate of drug-likeness (QED) is 0.497. The highest BCUT2D eigenvalue weighted by molar-refractivity contribution is 8.00. The number of methoxy groups -OCH3 is 5. The Morgan fingerprint density at radius 1 is 0.844 bits per heavy atom. The maximum Gasteiger partial charge on any atom is 0.277 e. The Hall–Kier alpha value is -3.40. The van der Waals surface area contributed by atoms with E-state index in [4.69, 9.17) is 28.1 Å². The molecule has 2 aromatic carbocycles. The Labute approximate surface area is 189 Å². The number of hydrogen-bond acceptors (Lipinski definition) is 10. The predicted molar refractivity (Wildman–Crippen MR) is 117 cm³/mol. The minimum atomic E-state index is -0.380. The lowest BCUT2D eigenvalue weighted by Crippen LogP contribution is -2.11. The lowest BCUT2D eigenvalue weighted by molar-refractivity contribution is 0.0999. The summed E-state index contributed by atoms with van der Waals surface area (Å²) < 4.78 is 32.6. The number of ketones is 1. The van der Waals surface area contributed by atoms with Crippen molar-refractivity contribution in [2.24, 2.45) is 0 Å². The van der Waals surface area contributed by atoms with E-state index >= 15 is 0 Å². The van der Waals surface area contributed by atoms with Crippen LogP contribution in [0.2, 0.25) is 0 Å². The lowest BCUT2D eigenvalue weighted by Gasteiger charge is -2.12. The molecule has 0 saturated heterocycles. The standard InChI is InChI=1S/C22H22N2O7S/c1-26-14-6-11-9-18(19(25)13(11)10-15(14)27-2)32-22-24-23-21(31-22)12-7-16(28-3)20(30-5)17(8-12)29-4/h6-8,10,18H,9H2,1-5H3/t18-/m1/s1. The molecule has 0 unspecified atom stereocenters. The topological polar surface area (TPSA) is 102 Å². The summed E-state index contributed by atoms with van der Waals surface area (Å²) in [6.07, 6.45) is 0.529. The third-order valence-electron chi connectivity index (χ3n) is 5.13. The van der Waals surface area contributed by atoms with Gasteiger partial charge in [0.2, 0.25) is 11.6 Å². The first-order valence-corrected chi connectivity index (χ1v) is 10.5. The van der Waals surface area contributed by atoms with Crippen molar-refractivity contribution in [1.82, 2.24) is 10.2 Å². The van der Waals surface area contributed by atoms with E-state index in [0.29, 0.717) is 51.5 Å². The van der Waals surface area contributed by atoms with Crippen molar-refractivity contribution in [3.05, 3.63) is 35.4 Å². The first kappa shape index (κ1) is 21.8. The molecule has 168 valence electrons. The van der Waals surface area contributed by atoms with Gasteiger partial charge in [0, 0.05) is 11.1 Å². The SMILES string of the molecule is COc1cc2c(cc1OC)C(=O)[C@H](Sc1nnc(-c3cc(OC)c(OC)c(OC)c3)o1)C2. The van der Waals surface area contributed by atoms with Crippen LogP contribution in [0, 0.1) is 0 Å². The molecular formula is C22H22N2O7S. The van der Waals surface area contributed by atoms with E-state index in [1.807, 2.05) is 6.07 Å². The summed E-state index contributed by atoms with van der Waals surface area (Å²) in [5.41, 5.74) is 2.12. The van der Waals surface area contributed by atoms with E-state index < -0.39 is 0 Å². The molecule has 0 aliphatic heterocycles. The molecule has 0 saturated carbocycles. The molecule has 1 heterocycles. The Morgan fingerprint density at radius 3 is 2.06 bits per heavy atom. The average molecular weight is 458 g/mol. The Kier molecular flexibility index (Phi) is 6.13. The van der Waals surface area contributed by atoms with Crippen LogP contribution in [0.3, 0.4) is 0 Å². The van der Waals surface area contributed by atoms with Gasteiger partial charge >= 0.3 is 0 Å². The molecule has 0 amide bonds. The Balaban J connectivity index is 1.57. The summed E-state index contributed by atoms with van der Waals surface area (Å²) in [5.74, 6) is 2.78. The number of fused-ring (bicyclic) bond motifs is 1. The zero-order valence-electron chi connectivity index (χ0n) is 18.3. The van der Waals surface area contributed by atoms with Crippen LogP contribution < -0.4 is 23.7 Å². The number of benzene rings is 2. The molecule has 1 aliphatic carbocycles. The summed E-state index contributed by atoms with van der Waals surface area (Å²) in [7, 11) is 7.70. The predicted octanol–water partition coefficient (Wildman–Crippen LogP) is 3.68. The lowest BCUT2D eigenvalue weighted by atomic mass is 10.1. The second kappa shape index (κ2) is 8.99. The molecule has 3 aromatic rings. The van der Waals surface area contributed by atoms with Gasteiger partial charge in [-0.3, -0.25) is 4.79 Å². The first-order chi connectivity index (χ1) is 15.5. The van der Waals surface area contributed by atoms with Gasteiger partial charge in [0.1, 0.15) is 0 Å². The number of carbonyl (C=O) groups excluding carboxylic acids is 1. The van der Waals surface area contributed by atoms with Crippen molar-refractivity contribution in [2.45, 2.75) is 16.9 Å². The third-order valence-corrected chi connectivity index (χ3v) is 6.17. The third kappa shape index (κ3) is 3.81. The Morgan fingerprint density at radius 2 is 1.47 bits per heavy atom. The molecule has 32 heavy (non-hydrogen) atoms. The van der Waals surface area contributed by atoms with Gasteiger partial charge in [-0.15, -0.1) is 10.2 Å². The molecule has 4 rings (SSSR count). The van der Waals surface area contributed by atoms with Crippen molar-refractivity contribution in [3.8, 4) is 40.2 Å². The van der Waals surface area contributed by atoms with Crippen molar-refractivity contribution >= 4 is 17.5 Å². The molecule has 0 fully saturated rings. The fraction of sp³-hybridized carbons (Fsp3) is 0.318. The summed E-state index contributed by atoms with van der Waals surface area (Å²) in [5, 5.41) is 8.14. The van der Waals surface area contributed by atoms with Gasteiger partial charge in [-0.25, -0.2) is 0 Å². The molecule has 0 bridgehead atoms. The van der Waals surface area contributed by atoms with Crippen molar-refractivity contribution in [3.63, 3.8) is 0 Å². The summed E-state index contributed by atoms with van der Waals surface area (Å²) >= 11 is 1.23. The van der Waals surface area contributed by atoms with Gasteiger partial charge in [0.25, 0.3) is 5.22 Å². The molecule has 0 spiro atoms. The van der Waals surface area contributed by atoms with Crippen molar-refractivity contribution in [2.75, 3.05) is 35.5 Å². The van der Waals surface area contributed by atoms with Gasteiger partial charge in [0.05, 0.1) is 40.8 Å². The number of carbonyl (C=O) groups is 1. The highest BCUT2D eigenvalue weighted by Gasteiger charge is 2.34. The van der Waals surface area contributed by atoms with Crippen LogP contribution in [0.5, 0.6) is 28.7 Å². The van der Waals surface area contributed by atoms with Crippen molar-refractivity contribution < 1.29 is 32.9 Å². The van der Waals surface area contributed by atoms with Crippen LogP contribution in [-0.2, 0) is 6.42 Å². The number of thioether (sulfide) groups is 1. The van der Waals surface area contributed by atoms with Gasteiger partial charge in [-0.1, -0.05) is 11.8 Å². The Bertz CT molecular complexity index is 1140. The van der Waals surface area contributed by atoms with Crippen LogP contribution in [0.25, 0.3) is 11.5 Å². The van der Waals surface area contributed by atoms with Crippen molar-refractivity contribution in [1.29, 1.82) is 0 Å². The number of hydrogen-bond donors (Lipinski definition) is 0. The normalized spacial score (nSPS) is 14.8. The number of nitrogens with zero attached hydrogens (tertiary/aromatic N) is 2. The molecule has 1 atom stereocenters. The van der Waals surface area contributed by atoms with E-state index in [1.165, 1.54) is 33.1 Å². The number of rotatable bonds is 8. The number of aromatic nitrogens is 2. The van der Waals surface area contributed by atoms with E-state index in [2.05, 4.69) is 10.2 Å². The van der Waals surface area contributed by atoms with Gasteiger partial charge < -0.3 is 28.1 Å². The molecule has 10 heteroatoms. The van der Waals surface area contributed by atoms with E-state index in [9.17, 15) is 4.79 Å².